The Morgan fingerprint density at radius 3 is 2.17 bits per heavy atom. The van der Waals surface area contributed by atoms with Gasteiger partial charge in [0.2, 0.25) is 0 Å². The van der Waals surface area contributed by atoms with E-state index in [1.54, 1.807) is 6.92 Å². The molecule has 0 aromatic carbocycles. The minimum absolute atomic E-state index is 0.0833. The molecule has 0 radical (unpaired) electrons. The van der Waals surface area contributed by atoms with Gasteiger partial charge in [-0.2, -0.15) is 0 Å². The molecule has 59 heavy (non-hydrogen) atoms. The topological polar surface area (TPSA) is 215 Å². The van der Waals surface area contributed by atoms with Crippen LogP contribution >= 0.6 is 0 Å². The Kier molecular flexibility index (Phi) is 12.2. The maximum Gasteiger partial charge on any atom is 0.187 e. The van der Waals surface area contributed by atoms with Gasteiger partial charge in [-0.3, -0.25) is 0 Å². The molecule has 0 amide bonds. The first-order valence-electron chi connectivity index (χ1n) is 23.0. The van der Waals surface area contributed by atoms with E-state index in [4.69, 9.17) is 37.9 Å². The monoisotopic (exact) mass is 840 g/mol. The fourth-order valence-electron chi connectivity index (χ4n) is 14.4. The van der Waals surface area contributed by atoms with Gasteiger partial charge >= 0.3 is 0 Å². The molecule has 1 spiro atoms. The van der Waals surface area contributed by atoms with E-state index in [2.05, 4.69) is 27.7 Å². The van der Waals surface area contributed by atoms with Gasteiger partial charge in [0.05, 0.1) is 44.2 Å². The summed E-state index contributed by atoms with van der Waals surface area (Å²) < 4.78 is 50.3. The van der Waals surface area contributed by atoms with Gasteiger partial charge < -0.3 is 73.6 Å². The third-order valence-corrected chi connectivity index (χ3v) is 17.7. The zero-order valence-corrected chi connectivity index (χ0v) is 35.5. The molecule has 0 bridgehead atoms. The molecule has 5 saturated heterocycles. The summed E-state index contributed by atoms with van der Waals surface area (Å²) in [7, 11) is 0. The van der Waals surface area contributed by atoms with E-state index in [1.807, 2.05) is 0 Å². The van der Waals surface area contributed by atoms with Gasteiger partial charge in [-0.25, -0.2) is 0 Å². The van der Waals surface area contributed by atoms with E-state index in [1.165, 1.54) is 19.3 Å². The van der Waals surface area contributed by atoms with Crippen LogP contribution in [0.5, 0.6) is 0 Å². The Morgan fingerprint density at radius 2 is 1.44 bits per heavy atom. The molecule has 4 saturated carbocycles. The molecule has 15 nitrogen and oxygen atoms in total. The summed E-state index contributed by atoms with van der Waals surface area (Å²) in [5, 5.41) is 74.4. The zero-order valence-electron chi connectivity index (χ0n) is 35.5. The van der Waals surface area contributed by atoms with Crippen LogP contribution in [0.15, 0.2) is 0 Å². The minimum Gasteiger partial charge on any atom is -0.394 e. The van der Waals surface area contributed by atoms with Crippen molar-refractivity contribution < 1.29 is 73.6 Å². The van der Waals surface area contributed by atoms with Crippen LogP contribution in [0.4, 0.5) is 0 Å². The van der Waals surface area contributed by atoms with Gasteiger partial charge in [-0.15, -0.1) is 0 Å². The highest BCUT2D eigenvalue weighted by atomic mass is 16.8. The fraction of sp³-hybridized carbons (Fsp3) is 1.00. The summed E-state index contributed by atoms with van der Waals surface area (Å²) in [6.07, 6.45) is -5.80. The average Bonchev–Trinajstić information content (AvgIpc) is 3.66. The standard InChI is InChI=1S/C44H72O15/c1-20-8-13-44(53-18-20)21(2)33-30(59-44)15-27-25-7-6-23-14-24(9-11-42(23,4)26(25)10-12-43(27,33)5)55-41-39(58-40-36(50)35(49)29(47)19-52-40)37(51)38(31(17-45)56-41)57-32-16-28(46)34(48)22(3)54-32/h20-41,45-51H,6-19H2,1-5H3/t20-,21-,22-,23+,24-,25+,26-,27-,28-,29-,30-,31+,32-,33-,34-,35+,36-,37-,38+,39+,40+,41+,42-,43-,44+/m0/s1. The Balaban J connectivity index is 0.885. The van der Waals surface area contributed by atoms with E-state index in [-0.39, 0.29) is 36.1 Å². The predicted octanol–water partition coefficient (Wildman–Crippen LogP) is 1.96. The second kappa shape index (κ2) is 16.4. The summed E-state index contributed by atoms with van der Waals surface area (Å²) in [6, 6.07) is 0. The second-order valence-electron chi connectivity index (χ2n) is 20.9. The van der Waals surface area contributed by atoms with Gasteiger partial charge in [-0.05, 0) is 111 Å². The minimum atomic E-state index is -1.64. The lowest BCUT2D eigenvalue weighted by atomic mass is 9.44. The largest absolute Gasteiger partial charge is 0.394 e. The molecule has 25 atom stereocenters. The Hall–Kier alpha value is -0.600. The van der Waals surface area contributed by atoms with E-state index in [0.29, 0.717) is 41.4 Å². The molecular formula is C44H72O15. The van der Waals surface area contributed by atoms with Crippen LogP contribution in [0.2, 0.25) is 0 Å². The number of rotatable bonds is 7. The molecule has 9 fully saturated rings. The lowest BCUT2D eigenvalue weighted by Crippen LogP contribution is -2.65. The first-order valence-corrected chi connectivity index (χ1v) is 23.0. The third kappa shape index (κ3) is 7.39. The van der Waals surface area contributed by atoms with Crippen molar-refractivity contribution in [2.24, 2.45) is 52.3 Å². The summed E-state index contributed by atoms with van der Waals surface area (Å²) in [6.45, 7) is 11.3. The number of hydrogen-bond donors (Lipinski definition) is 7. The third-order valence-electron chi connectivity index (χ3n) is 17.7. The molecule has 338 valence electrons. The summed E-state index contributed by atoms with van der Waals surface area (Å²) in [5.74, 6) is 3.43. The van der Waals surface area contributed by atoms with Gasteiger partial charge in [0.15, 0.2) is 24.7 Å². The van der Waals surface area contributed by atoms with Gasteiger partial charge in [0, 0.05) is 18.8 Å². The highest BCUT2D eigenvalue weighted by molar-refractivity contribution is 5.15. The van der Waals surface area contributed by atoms with Crippen LogP contribution in [0.25, 0.3) is 0 Å². The van der Waals surface area contributed by atoms with Crippen LogP contribution in [-0.4, -0.2) is 153 Å². The van der Waals surface area contributed by atoms with Crippen molar-refractivity contribution in [3.8, 4) is 0 Å². The molecule has 4 aliphatic carbocycles. The Bertz CT molecular complexity index is 1450. The first-order chi connectivity index (χ1) is 28.1. The lowest BCUT2D eigenvalue weighted by molar-refractivity contribution is -0.379. The van der Waals surface area contributed by atoms with Gasteiger partial charge in [-0.1, -0.05) is 27.7 Å². The number of ether oxygens (including phenoxy) is 8. The molecule has 0 unspecified atom stereocenters. The summed E-state index contributed by atoms with van der Waals surface area (Å²) >= 11 is 0. The van der Waals surface area contributed by atoms with Crippen LogP contribution in [-0.2, 0) is 37.9 Å². The molecule has 9 rings (SSSR count). The molecule has 0 aromatic heterocycles. The zero-order chi connectivity index (χ0) is 41.8. The van der Waals surface area contributed by atoms with Gasteiger partial charge in [0.1, 0.15) is 48.8 Å². The van der Waals surface area contributed by atoms with Crippen molar-refractivity contribution in [1.29, 1.82) is 0 Å². The van der Waals surface area contributed by atoms with E-state index < -0.39 is 92.3 Å². The van der Waals surface area contributed by atoms with E-state index in [9.17, 15) is 35.7 Å². The summed E-state index contributed by atoms with van der Waals surface area (Å²) in [4.78, 5) is 0. The first kappa shape index (κ1) is 43.6. The van der Waals surface area contributed by atoms with Crippen molar-refractivity contribution in [2.75, 3.05) is 19.8 Å². The van der Waals surface area contributed by atoms with Crippen LogP contribution in [0, 0.1) is 52.3 Å². The number of hydrogen-bond acceptors (Lipinski definition) is 15. The van der Waals surface area contributed by atoms with Crippen LogP contribution in [0.3, 0.4) is 0 Å². The van der Waals surface area contributed by atoms with Crippen molar-refractivity contribution >= 4 is 0 Å². The number of fused-ring (bicyclic) bond motifs is 7. The summed E-state index contributed by atoms with van der Waals surface area (Å²) in [5.41, 5.74) is 0.398. The van der Waals surface area contributed by atoms with Crippen molar-refractivity contribution in [3.63, 3.8) is 0 Å². The molecule has 15 heteroatoms. The molecule has 5 aliphatic heterocycles. The SMILES string of the molecule is C[C@H]1CC[C@@]2(OC1)O[C@H]1C[C@H]3[C@@H]4CC[C@@H]5C[C@@H](O[C@@H]6O[C@H](CO)[C@@H](O[C@H]7C[C@H](O)[C@@H](O)[C@H](C)O7)[C@H](O)[C@H]6O[C@H]6OC[C@H](O)[C@@H](O)[C@@H]6O)CC[C@]5(C)[C@H]4CC[C@]3(C)[C@H]1[C@@H]2C. The van der Waals surface area contributed by atoms with E-state index in [0.717, 1.165) is 51.6 Å². The maximum absolute atomic E-state index is 11.9. The second-order valence-corrected chi connectivity index (χ2v) is 20.9. The maximum atomic E-state index is 11.9. The van der Waals surface area contributed by atoms with E-state index >= 15 is 0 Å². The smallest absolute Gasteiger partial charge is 0.187 e. The quantitative estimate of drug-likeness (QED) is 0.183. The average molecular weight is 841 g/mol. The van der Waals surface area contributed by atoms with Crippen molar-refractivity contribution in [2.45, 2.75) is 203 Å². The molecule has 0 aromatic rings. The predicted molar refractivity (Wildman–Crippen MR) is 207 cm³/mol. The molecule has 7 N–H and O–H groups in total. The normalized spacial score (nSPS) is 58.8. The highest BCUT2D eigenvalue weighted by Crippen LogP contribution is 2.71. The van der Waals surface area contributed by atoms with Crippen molar-refractivity contribution in [3.05, 3.63) is 0 Å². The van der Waals surface area contributed by atoms with Crippen LogP contribution < -0.4 is 0 Å². The fourth-order valence-corrected chi connectivity index (χ4v) is 14.4. The van der Waals surface area contributed by atoms with Gasteiger partial charge in [0.25, 0.3) is 0 Å². The Labute approximate surface area is 348 Å². The molecular weight excluding hydrogens is 768 g/mol. The number of aliphatic hydroxyl groups is 7. The molecule has 5 heterocycles. The van der Waals surface area contributed by atoms with Crippen molar-refractivity contribution in [1.82, 2.24) is 0 Å². The molecule has 9 aliphatic rings. The van der Waals surface area contributed by atoms with Crippen LogP contribution in [0.1, 0.15) is 105 Å². The Morgan fingerprint density at radius 1 is 0.661 bits per heavy atom. The lowest BCUT2D eigenvalue weighted by Gasteiger charge is -2.61. The highest BCUT2D eigenvalue weighted by Gasteiger charge is 2.69. The number of aliphatic hydroxyl groups excluding tert-OH is 7.